The number of anilines is 1. The molecule has 0 aliphatic heterocycles. The zero-order valence-corrected chi connectivity index (χ0v) is 9.23. The Bertz CT molecular complexity index is 280. The van der Waals surface area contributed by atoms with E-state index in [1.807, 2.05) is 22.6 Å². The van der Waals surface area contributed by atoms with Gasteiger partial charge >= 0.3 is 0 Å². The molecule has 1 atom stereocenters. The predicted octanol–water partition coefficient (Wildman–Crippen LogP) is 2.82. The summed E-state index contributed by atoms with van der Waals surface area (Å²) in [6.45, 7) is 1.71. The van der Waals surface area contributed by atoms with Crippen molar-refractivity contribution in [2.45, 2.75) is 12.4 Å². The van der Waals surface area contributed by atoms with E-state index < -0.39 is 0 Å². The van der Waals surface area contributed by atoms with E-state index >= 15 is 0 Å². The second kappa shape index (κ2) is 4.23. The maximum atomic E-state index is 13.2. The molecule has 1 N–H and O–H groups in total. The fraction of sp³-hybridized carbons (Fsp3) is 0.286. The van der Waals surface area contributed by atoms with Crippen LogP contribution in [-0.2, 0) is 0 Å². The highest BCUT2D eigenvalue weighted by atomic mass is 127. The molecule has 0 saturated heterocycles. The highest BCUT2D eigenvalue weighted by Gasteiger charge is 2.07. The van der Waals surface area contributed by atoms with Crippen LogP contribution in [0.15, 0.2) is 12.3 Å². The maximum Gasteiger partial charge on any atom is 0.178 e. The zero-order chi connectivity index (χ0) is 9.14. The summed E-state index contributed by atoms with van der Waals surface area (Å²) >= 11 is 7.52. The Hall–Kier alpha value is -0.100. The van der Waals surface area contributed by atoms with Crippen LogP contribution >= 0.6 is 34.2 Å². The van der Waals surface area contributed by atoms with E-state index in [4.69, 9.17) is 11.6 Å². The molecule has 0 amide bonds. The van der Waals surface area contributed by atoms with Gasteiger partial charge in [0.25, 0.3) is 0 Å². The molecule has 0 bridgehead atoms. The van der Waals surface area contributed by atoms with Crippen LogP contribution in [0.5, 0.6) is 0 Å². The van der Waals surface area contributed by atoms with Crippen molar-refractivity contribution in [3.8, 4) is 0 Å². The molecule has 5 heteroatoms. The molecule has 2 nitrogen and oxygen atoms in total. The van der Waals surface area contributed by atoms with E-state index in [1.54, 1.807) is 13.0 Å². The second-order valence-electron chi connectivity index (χ2n) is 2.22. The third-order valence-corrected chi connectivity index (χ3v) is 2.12. The first-order chi connectivity index (χ1) is 5.61. The Labute approximate surface area is 88.7 Å². The van der Waals surface area contributed by atoms with Crippen molar-refractivity contribution >= 4 is 40.0 Å². The molecule has 0 aliphatic rings. The van der Waals surface area contributed by atoms with Crippen molar-refractivity contribution in [2.75, 3.05) is 5.32 Å². The van der Waals surface area contributed by atoms with Crippen molar-refractivity contribution in [2.24, 2.45) is 0 Å². The summed E-state index contributed by atoms with van der Waals surface area (Å²) in [6.07, 6.45) is 1.53. The fourth-order valence-corrected chi connectivity index (χ4v) is 1.23. The van der Waals surface area contributed by atoms with E-state index in [0.29, 0.717) is 3.57 Å². The van der Waals surface area contributed by atoms with Gasteiger partial charge in [0.2, 0.25) is 0 Å². The Morgan fingerprint density at radius 2 is 2.42 bits per heavy atom. The van der Waals surface area contributed by atoms with Gasteiger partial charge in [-0.3, -0.25) is 0 Å². The van der Waals surface area contributed by atoms with Crippen molar-refractivity contribution in [3.63, 3.8) is 0 Å². The minimum atomic E-state index is -0.356. The Morgan fingerprint density at radius 1 is 1.75 bits per heavy atom. The van der Waals surface area contributed by atoms with Crippen LogP contribution in [0, 0.1) is 9.39 Å². The average molecular weight is 301 g/mol. The minimum Gasteiger partial charge on any atom is -0.352 e. The third kappa shape index (κ3) is 2.45. The molecule has 1 heterocycles. The van der Waals surface area contributed by atoms with Crippen LogP contribution in [0.25, 0.3) is 0 Å². The number of nitrogens with zero attached hydrogens (tertiary/aromatic N) is 1. The summed E-state index contributed by atoms with van der Waals surface area (Å²) in [4.78, 5) is 3.80. The van der Waals surface area contributed by atoms with Gasteiger partial charge in [0.1, 0.15) is 0 Å². The molecule has 1 rings (SSSR count). The normalized spacial score (nSPS) is 12.7. The van der Waals surface area contributed by atoms with Crippen LogP contribution in [0.3, 0.4) is 0 Å². The molecule has 1 unspecified atom stereocenters. The Kier molecular flexibility index (Phi) is 3.52. The molecule has 1 aromatic rings. The van der Waals surface area contributed by atoms with Gasteiger partial charge in [-0.15, -0.1) is 0 Å². The number of aromatic nitrogens is 1. The van der Waals surface area contributed by atoms with Gasteiger partial charge in [0.05, 0.1) is 9.07 Å². The molecule has 12 heavy (non-hydrogen) atoms. The molecule has 0 saturated carbocycles. The number of halogens is 3. The van der Waals surface area contributed by atoms with Crippen LogP contribution in [0.1, 0.15) is 6.92 Å². The van der Waals surface area contributed by atoms with Crippen molar-refractivity contribution in [1.29, 1.82) is 0 Å². The number of pyridine rings is 1. The van der Waals surface area contributed by atoms with Gasteiger partial charge in [-0.2, -0.15) is 0 Å². The second-order valence-corrected chi connectivity index (χ2v) is 4.03. The molecule has 0 radical (unpaired) electrons. The number of rotatable bonds is 2. The molecule has 0 aliphatic carbocycles. The summed E-state index contributed by atoms with van der Waals surface area (Å²) in [5.74, 6) is -0.157. The van der Waals surface area contributed by atoms with E-state index in [9.17, 15) is 4.39 Å². The molecule has 1 aromatic heterocycles. The van der Waals surface area contributed by atoms with Crippen LogP contribution in [0.2, 0.25) is 0 Å². The highest BCUT2D eigenvalue weighted by Crippen LogP contribution is 2.17. The number of hydrogen-bond acceptors (Lipinski definition) is 2. The highest BCUT2D eigenvalue weighted by molar-refractivity contribution is 14.1. The number of hydrogen-bond donors (Lipinski definition) is 1. The predicted molar refractivity (Wildman–Crippen MR) is 55.8 cm³/mol. The van der Waals surface area contributed by atoms with Crippen molar-refractivity contribution in [3.05, 3.63) is 21.7 Å². The first-order valence-electron chi connectivity index (χ1n) is 3.32. The first-order valence-corrected chi connectivity index (χ1v) is 4.83. The summed E-state index contributed by atoms with van der Waals surface area (Å²) in [5, 5.41) is 2.69. The molecule has 0 aromatic carbocycles. The standard InChI is InChI=1S/C7H7ClFIN2/c1-4(8)12-7-6(9)5(10)2-3-11-7/h2-4H,1H3,(H,11,12). The minimum absolute atomic E-state index is 0.199. The molecule has 0 fully saturated rings. The SMILES string of the molecule is CC(Cl)Nc1nccc(I)c1F. The van der Waals surface area contributed by atoms with Gasteiger partial charge in [-0.05, 0) is 35.6 Å². The van der Waals surface area contributed by atoms with Crippen molar-refractivity contribution < 1.29 is 4.39 Å². The smallest absolute Gasteiger partial charge is 0.178 e. The quantitative estimate of drug-likeness (QED) is 0.516. The Balaban J connectivity index is 2.92. The fourth-order valence-electron chi connectivity index (χ4n) is 0.709. The van der Waals surface area contributed by atoms with Gasteiger partial charge < -0.3 is 5.32 Å². The lowest BCUT2D eigenvalue weighted by Crippen LogP contribution is -2.10. The van der Waals surface area contributed by atoms with Gasteiger partial charge in [0.15, 0.2) is 11.6 Å². The molecular formula is C7H7ClFIN2. The largest absolute Gasteiger partial charge is 0.352 e. The van der Waals surface area contributed by atoms with Crippen LogP contribution in [-0.4, -0.2) is 10.5 Å². The van der Waals surface area contributed by atoms with E-state index in [2.05, 4.69) is 10.3 Å². The average Bonchev–Trinajstić information content (AvgIpc) is 1.98. The summed E-state index contributed by atoms with van der Waals surface area (Å²) < 4.78 is 13.7. The lowest BCUT2D eigenvalue weighted by atomic mass is 10.4. The number of nitrogens with one attached hydrogen (secondary N) is 1. The lowest BCUT2D eigenvalue weighted by molar-refractivity contribution is 0.616. The number of alkyl halides is 1. The molecule has 66 valence electrons. The summed E-state index contributed by atoms with van der Waals surface area (Å²) in [7, 11) is 0. The van der Waals surface area contributed by atoms with Crippen LogP contribution < -0.4 is 5.32 Å². The molecule has 0 spiro atoms. The first kappa shape index (κ1) is 9.98. The van der Waals surface area contributed by atoms with Gasteiger partial charge in [0, 0.05) is 6.20 Å². The van der Waals surface area contributed by atoms with E-state index in [1.165, 1.54) is 6.20 Å². The topological polar surface area (TPSA) is 24.9 Å². The maximum absolute atomic E-state index is 13.2. The van der Waals surface area contributed by atoms with E-state index in [0.717, 1.165) is 0 Å². The van der Waals surface area contributed by atoms with E-state index in [-0.39, 0.29) is 17.1 Å². The molecular weight excluding hydrogens is 293 g/mol. The Morgan fingerprint density at radius 3 is 3.00 bits per heavy atom. The van der Waals surface area contributed by atoms with Gasteiger partial charge in [-0.25, -0.2) is 9.37 Å². The van der Waals surface area contributed by atoms with Crippen molar-refractivity contribution in [1.82, 2.24) is 4.98 Å². The summed E-state index contributed by atoms with van der Waals surface area (Å²) in [5.41, 5.74) is -0.329. The van der Waals surface area contributed by atoms with Gasteiger partial charge in [-0.1, -0.05) is 11.6 Å². The summed E-state index contributed by atoms with van der Waals surface area (Å²) in [6, 6.07) is 1.60. The monoisotopic (exact) mass is 300 g/mol. The lowest BCUT2D eigenvalue weighted by Gasteiger charge is -2.08. The third-order valence-electron chi connectivity index (χ3n) is 1.18. The zero-order valence-electron chi connectivity index (χ0n) is 6.31. The van der Waals surface area contributed by atoms with Crippen LogP contribution in [0.4, 0.5) is 10.2 Å².